The number of nitrogens with zero attached hydrogens (tertiary/aromatic N) is 2. The molecule has 1 fully saturated rings. The lowest BCUT2D eigenvalue weighted by Crippen LogP contribution is -2.42. The summed E-state index contributed by atoms with van der Waals surface area (Å²) in [5.74, 6) is 0. The van der Waals surface area contributed by atoms with Gasteiger partial charge in [0.25, 0.3) is 5.69 Å². The van der Waals surface area contributed by atoms with Crippen molar-refractivity contribution in [3.05, 3.63) is 58.6 Å². The number of nitro benzene ring substituents is 1. The molecule has 3 rings (SSSR count). The molecule has 1 aliphatic rings. The van der Waals surface area contributed by atoms with Gasteiger partial charge in [-0.3, -0.25) is 10.1 Å². The molecule has 1 saturated heterocycles. The van der Waals surface area contributed by atoms with Crippen LogP contribution in [0.25, 0.3) is 0 Å². The van der Waals surface area contributed by atoms with E-state index < -0.39 is 14.8 Å². The molecule has 1 aliphatic heterocycles. The van der Waals surface area contributed by atoms with Crippen molar-refractivity contribution in [2.24, 2.45) is 0 Å². The highest BCUT2D eigenvalue weighted by Gasteiger charge is 2.27. The molecule has 0 spiro atoms. The zero-order valence-corrected chi connectivity index (χ0v) is 15.3. The summed E-state index contributed by atoms with van der Waals surface area (Å²) in [4.78, 5) is 12.9. The zero-order chi connectivity index (χ0) is 18.7. The molecule has 0 saturated carbocycles. The number of nitro groups is 1. The van der Waals surface area contributed by atoms with Crippen molar-refractivity contribution < 1.29 is 13.3 Å². The summed E-state index contributed by atoms with van der Waals surface area (Å²) in [6.07, 6.45) is 2.92. The first kappa shape index (κ1) is 18.2. The highest BCUT2D eigenvalue weighted by atomic mass is 32.2. The molecule has 1 N–H and O–H groups in total. The number of hydrogen-bond donors (Lipinski definition) is 1. The Kier molecular flexibility index (Phi) is 5.13. The lowest BCUT2D eigenvalue weighted by atomic mass is 10.0. The quantitative estimate of drug-likeness (QED) is 0.638. The first-order valence-corrected chi connectivity index (χ1v) is 10.3. The summed E-state index contributed by atoms with van der Waals surface area (Å²) in [7, 11) is -3.49. The summed E-state index contributed by atoms with van der Waals surface area (Å²) >= 11 is 0. The molecule has 2 aromatic rings. The Balaban J connectivity index is 1.84. The molecule has 1 unspecified atom stereocenters. The van der Waals surface area contributed by atoms with Crippen molar-refractivity contribution in [2.45, 2.75) is 23.8 Å². The van der Waals surface area contributed by atoms with Crippen LogP contribution < -0.4 is 10.2 Å². The highest BCUT2D eigenvalue weighted by molar-refractivity contribution is 7.90. The third-order valence-corrected chi connectivity index (χ3v) is 5.59. The highest BCUT2D eigenvalue weighted by Crippen LogP contribution is 2.33. The van der Waals surface area contributed by atoms with Crippen molar-refractivity contribution in [1.29, 1.82) is 0 Å². The van der Waals surface area contributed by atoms with E-state index in [1.54, 1.807) is 6.07 Å². The van der Waals surface area contributed by atoms with E-state index >= 15 is 0 Å². The predicted octanol–water partition coefficient (Wildman–Crippen LogP) is 3.08. The Hall–Kier alpha value is -2.61. The molecule has 1 heterocycles. The topological polar surface area (TPSA) is 92.6 Å². The number of para-hydroxylation sites is 1. The van der Waals surface area contributed by atoms with Crippen LogP contribution in [-0.4, -0.2) is 38.7 Å². The van der Waals surface area contributed by atoms with Crippen LogP contribution in [0.5, 0.6) is 0 Å². The van der Waals surface area contributed by atoms with Crippen LogP contribution in [0.15, 0.2) is 53.4 Å². The van der Waals surface area contributed by atoms with Gasteiger partial charge in [0.2, 0.25) is 0 Å². The van der Waals surface area contributed by atoms with Gasteiger partial charge < -0.3 is 10.2 Å². The van der Waals surface area contributed by atoms with Gasteiger partial charge in [-0.25, -0.2) is 8.42 Å². The van der Waals surface area contributed by atoms with Crippen LogP contribution >= 0.6 is 0 Å². The van der Waals surface area contributed by atoms with Crippen molar-refractivity contribution in [2.75, 3.05) is 29.6 Å². The van der Waals surface area contributed by atoms with E-state index in [1.165, 1.54) is 6.07 Å². The van der Waals surface area contributed by atoms with E-state index in [0.29, 0.717) is 18.8 Å². The van der Waals surface area contributed by atoms with Crippen LogP contribution in [0.3, 0.4) is 0 Å². The Bertz CT molecular complexity index is 900. The Labute approximate surface area is 152 Å². The molecule has 26 heavy (non-hydrogen) atoms. The van der Waals surface area contributed by atoms with Gasteiger partial charge in [0.05, 0.1) is 9.82 Å². The van der Waals surface area contributed by atoms with E-state index in [-0.39, 0.29) is 16.6 Å². The molecule has 1 atom stereocenters. The fourth-order valence-corrected chi connectivity index (χ4v) is 3.87. The van der Waals surface area contributed by atoms with Crippen molar-refractivity contribution in [1.82, 2.24) is 0 Å². The smallest absolute Gasteiger partial charge is 0.293 e. The minimum atomic E-state index is -3.49. The summed E-state index contributed by atoms with van der Waals surface area (Å²) in [5.41, 5.74) is 1.30. The number of piperidine rings is 1. The summed E-state index contributed by atoms with van der Waals surface area (Å²) in [6, 6.07) is 14.1. The van der Waals surface area contributed by atoms with Crippen LogP contribution in [0, 0.1) is 10.1 Å². The Morgan fingerprint density at radius 1 is 1.19 bits per heavy atom. The fraction of sp³-hybridized carbons (Fsp3) is 0.333. The number of anilines is 2. The number of benzene rings is 2. The fourth-order valence-electron chi connectivity index (χ4n) is 3.23. The number of sulfone groups is 1. The monoisotopic (exact) mass is 375 g/mol. The van der Waals surface area contributed by atoms with Crippen LogP contribution in [0.4, 0.5) is 17.1 Å². The van der Waals surface area contributed by atoms with E-state index in [0.717, 1.165) is 30.9 Å². The number of hydrogen-bond acceptors (Lipinski definition) is 6. The number of rotatable bonds is 5. The Morgan fingerprint density at radius 3 is 2.58 bits per heavy atom. The first-order valence-electron chi connectivity index (χ1n) is 8.39. The standard InChI is InChI=1S/C18H21N3O4S/c1-26(24,25)16-9-10-17(18(12-16)21(22)23)20-11-5-8-15(13-20)19-14-6-3-2-4-7-14/h2-4,6-7,9-10,12,15,19H,5,8,11,13H2,1H3. The van der Waals surface area contributed by atoms with E-state index in [9.17, 15) is 18.5 Å². The van der Waals surface area contributed by atoms with Gasteiger partial charge in [-0.2, -0.15) is 0 Å². The third kappa shape index (κ3) is 4.13. The van der Waals surface area contributed by atoms with Crippen LogP contribution in [0.1, 0.15) is 12.8 Å². The largest absolute Gasteiger partial charge is 0.381 e. The summed E-state index contributed by atoms with van der Waals surface area (Å²) < 4.78 is 23.4. The second kappa shape index (κ2) is 7.33. The summed E-state index contributed by atoms with van der Waals surface area (Å²) in [6.45, 7) is 1.32. The molecule has 138 valence electrons. The van der Waals surface area contributed by atoms with Gasteiger partial charge in [-0.05, 0) is 37.1 Å². The van der Waals surface area contributed by atoms with Gasteiger partial charge in [-0.1, -0.05) is 18.2 Å². The van der Waals surface area contributed by atoms with Crippen LogP contribution in [-0.2, 0) is 9.84 Å². The van der Waals surface area contributed by atoms with Gasteiger partial charge in [0, 0.05) is 37.1 Å². The minimum Gasteiger partial charge on any atom is -0.381 e. The van der Waals surface area contributed by atoms with Gasteiger partial charge >= 0.3 is 0 Å². The van der Waals surface area contributed by atoms with Crippen LogP contribution in [0.2, 0.25) is 0 Å². The molecular weight excluding hydrogens is 354 g/mol. The van der Waals surface area contributed by atoms with E-state index in [1.807, 2.05) is 35.2 Å². The average Bonchev–Trinajstić information content (AvgIpc) is 2.61. The van der Waals surface area contributed by atoms with Crippen molar-refractivity contribution in [3.8, 4) is 0 Å². The third-order valence-electron chi connectivity index (χ3n) is 4.48. The molecule has 0 aromatic heterocycles. The second-order valence-electron chi connectivity index (χ2n) is 6.48. The lowest BCUT2D eigenvalue weighted by Gasteiger charge is -2.35. The lowest BCUT2D eigenvalue weighted by molar-refractivity contribution is -0.384. The maximum absolute atomic E-state index is 11.7. The van der Waals surface area contributed by atoms with Gasteiger partial charge in [0.15, 0.2) is 9.84 Å². The van der Waals surface area contributed by atoms with Gasteiger partial charge in [0.1, 0.15) is 5.69 Å². The van der Waals surface area contributed by atoms with Crippen molar-refractivity contribution >= 4 is 26.9 Å². The van der Waals surface area contributed by atoms with Gasteiger partial charge in [-0.15, -0.1) is 0 Å². The molecule has 0 radical (unpaired) electrons. The number of nitrogens with one attached hydrogen (secondary N) is 1. The summed E-state index contributed by atoms with van der Waals surface area (Å²) in [5, 5.41) is 14.9. The molecule has 0 bridgehead atoms. The second-order valence-corrected chi connectivity index (χ2v) is 8.49. The molecule has 7 nitrogen and oxygen atoms in total. The molecule has 0 amide bonds. The SMILES string of the molecule is CS(=O)(=O)c1ccc(N2CCCC(Nc3ccccc3)C2)c([N+](=O)[O-])c1. The normalized spacial score (nSPS) is 17.7. The molecule has 8 heteroatoms. The van der Waals surface area contributed by atoms with E-state index in [2.05, 4.69) is 5.32 Å². The van der Waals surface area contributed by atoms with E-state index in [4.69, 9.17) is 0 Å². The maximum Gasteiger partial charge on any atom is 0.293 e. The molecule has 0 aliphatic carbocycles. The predicted molar refractivity (Wildman–Crippen MR) is 102 cm³/mol. The molecular formula is C18H21N3O4S. The zero-order valence-electron chi connectivity index (χ0n) is 14.5. The average molecular weight is 375 g/mol. The minimum absolute atomic E-state index is 0.0380. The maximum atomic E-state index is 11.7. The Morgan fingerprint density at radius 2 is 1.92 bits per heavy atom. The van der Waals surface area contributed by atoms with Crippen molar-refractivity contribution in [3.63, 3.8) is 0 Å². The first-order chi connectivity index (χ1) is 12.3. The molecule has 2 aromatic carbocycles.